The molecule has 0 aliphatic carbocycles. The van der Waals surface area contributed by atoms with Crippen molar-refractivity contribution < 1.29 is 9.59 Å². The Kier molecular flexibility index (Phi) is 6.70. The molecule has 2 amide bonds. The summed E-state index contributed by atoms with van der Waals surface area (Å²) in [6.45, 7) is 10.8. The van der Waals surface area contributed by atoms with Crippen LogP contribution in [-0.4, -0.2) is 60.3 Å². The van der Waals surface area contributed by atoms with Crippen LogP contribution in [0, 0.1) is 11.8 Å². The molecule has 6 heteroatoms. The van der Waals surface area contributed by atoms with Crippen molar-refractivity contribution in [2.24, 2.45) is 16.8 Å². The number of nitrogens with one attached hydrogen (secondary N) is 1. The topological polar surface area (TPSA) is 65.0 Å². The Balaban J connectivity index is 1.50. The minimum atomic E-state index is -0.172. The lowest BCUT2D eigenvalue weighted by Gasteiger charge is -2.37. The van der Waals surface area contributed by atoms with E-state index in [0.717, 1.165) is 38.4 Å². The molecule has 28 heavy (non-hydrogen) atoms. The van der Waals surface area contributed by atoms with Gasteiger partial charge in [0.05, 0.1) is 11.1 Å². The van der Waals surface area contributed by atoms with Crippen molar-refractivity contribution in [2.45, 2.75) is 40.0 Å². The molecule has 2 heterocycles. The molecule has 0 spiro atoms. The number of nitrogens with zero attached hydrogens (tertiary/aromatic N) is 3. The second kappa shape index (κ2) is 9.22. The van der Waals surface area contributed by atoms with Crippen LogP contribution in [0.25, 0.3) is 0 Å². The molecule has 6 nitrogen and oxygen atoms in total. The summed E-state index contributed by atoms with van der Waals surface area (Å²) in [6, 6.07) is 7.05. The Bertz CT molecular complexity index is 701. The molecule has 1 saturated heterocycles. The van der Waals surface area contributed by atoms with Crippen LogP contribution in [-0.2, 0) is 0 Å². The Morgan fingerprint density at radius 3 is 2.25 bits per heavy atom. The van der Waals surface area contributed by atoms with E-state index in [1.165, 1.54) is 11.3 Å². The summed E-state index contributed by atoms with van der Waals surface area (Å²) < 4.78 is 0. The van der Waals surface area contributed by atoms with E-state index in [-0.39, 0.29) is 11.8 Å². The SMILES string of the molecule is CCNC(=NCCCCN1C(=O)c2ccccc2C1=O)N1CC(C)CC(C)C1. The normalized spacial score (nSPS) is 22.6. The summed E-state index contributed by atoms with van der Waals surface area (Å²) in [5.74, 6) is 2.01. The number of aliphatic imine (C=N–C) groups is 1. The number of hydrogen-bond acceptors (Lipinski definition) is 3. The molecular formula is C22H32N4O2. The molecule has 3 rings (SSSR count). The van der Waals surface area contributed by atoms with E-state index in [9.17, 15) is 9.59 Å². The van der Waals surface area contributed by atoms with Crippen LogP contribution in [0.4, 0.5) is 0 Å². The number of piperidine rings is 1. The number of rotatable bonds is 6. The maximum atomic E-state index is 12.4. The molecule has 0 radical (unpaired) electrons. The highest BCUT2D eigenvalue weighted by molar-refractivity contribution is 6.21. The summed E-state index contributed by atoms with van der Waals surface area (Å²) in [7, 11) is 0. The molecule has 1 aromatic rings. The van der Waals surface area contributed by atoms with Gasteiger partial charge in [0.25, 0.3) is 11.8 Å². The van der Waals surface area contributed by atoms with Gasteiger partial charge in [-0.25, -0.2) is 0 Å². The van der Waals surface area contributed by atoms with Crippen LogP contribution >= 0.6 is 0 Å². The average molecular weight is 385 g/mol. The van der Waals surface area contributed by atoms with Gasteiger partial charge in [0.2, 0.25) is 0 Å². The van der Waals surface area contributed by atoms with Crippen molar-refractivity contribution in [3.8, 4) is 0 Å². The third-order valence-corrected chi connectivity index (χ3v) is 5.43. The number of amides is 2. The molecule has 1 aromatic carbocycles. The lowest BCUT2D eigenvalue weighted by Crippen LogP contribution is -2.48. The molecule has 2 unspecified atom stereocenters. The lowest BCUT2D eigenvalue weighted by atomic mass is 9.92. The maximum absolute atomic E-state index is 12.4. The average Bonchev–Trinajstić information content (AvgIpc) is 2.91. The van der Waals surface area contributed by atoms with E-state index < -0.39 is 0 Å². The predicted molar refractivity (Wildman–Crippen MR) is 112 cm³/mol. The van der Waals surface area contributed by atoms with Crippen LogP contribution in [0.2, 0.25) is 0 Å². The van der Waals surface area contributed by atoms with E-state index in [1.807, 2.05) is 0 Å². The Labute approximate surface area is 168 Å². The van der Waals surface area contributed by atoms with Crippen LogP contribution in [0.3, 0.4) is 0 Å². The number of hydrogen-bond donors (Lipinski definition) is 1. The highest BCUT2D eigenvalue weighted by atomic mass is 16.2. The monoisotopic (exact) mass is 384 g/mol. The van der Waals surface area contributed by atoms with Gasteiger partial charge < -0.3 is 10.2 Å². The molecular weight excluding hydrogens is 352 g/mol. The smallest absolute Gasteiger partial charge is 0.261 e. The van der Waals surface area contributed by atoms with Gasteiger partial charge in [-0.2, -0.15) is 0 Å². The first-order valence-electron chi connectivity index (χ1n) is 10.5. The fourth-order valence-corrected chi connectivity index (χ4v) is 4.27. The minimum Gasteiger partial charge on any atom is -0.357 e. The largest absolute Gasteiger partial charge is 0.357 e. The summed E-state index contributed by atoms with van der Waals surface area (Å²) in [5.41, 5.74) is 1.04. The predicted octanol–water partition coefficient (Wildman–Crippen LogP) is 3.01. The third kappa shape index (κ3) is 4.54. The fraction of sp³-hybridized carbons (Fsp3) is 0.591. The van der Waals surface area contributed by atoms with Crippen molar-refractivity contribution in [3.63, 3.8) is 0 Å². The van der Waals surface area contributed by atoms with Crippen molar-refractivity contribution in [2.75, 3.05) is 32.7 Å². The van der Waals surface area contributed by atoms with E-state index in [2.05, 4.69) is 31.0 Å². The number of fused-ring (bicyclic) bond motifs is 1. The van der Waals surface area contributed by atoms with Crippen molar-refractivity contribution in [1.82, 2.24) is 15.1 Å². The van der Waals surface area contributed by atoms with Crippen LogP contribution in [0.1, 0.15) is 60.7 Å². The number of carbonyl (C=O) groups is 2. The molecule has 2 aliphatic heterocycles. The first-order chi connectivity index (χ1) is 13.5. The lowest BCUT2D eigenvalue weighted by molar-refractivity contribution is 0.0652. The zero-order valence-electron chi connectivity index (χ0n) is 17.3. The van der Waals surface area contributed by atoms with E-state index in [4.69, 9.17) is 4.99 Å². The van der Waals surface area contributed by atoms with Gasteiger partial charge >= 0.3 is 0 Å². The van der Waals surface area contributed by atoms with Crippen molar-refractivity contribution in [3.05, 3.63) is 35.4 Å². The van der Waals surface area contributed by atoms with Crippen LogP contribution in [0.5, 0.6) is 0 Å². The molecule has 2 aliphatic rings. The van der Waals surface area contributed by atoms with Crippen molar-refractivity contribution in [1.29, 1.82) is 0 Å². The van der Waals surface area contributed by atoms with Gasteiger partial charge in [-0.3, -0.25) is 19.5 Å². The maximum Gasteiger partial charge on any atom is 0.261 e. The quantitative estimate of drug-likeness (QED) is 0.354. The van der Waals surface area contributed by atoms with Gasteiger partial charge in [-0.15, -0.1) is 0 Å². The number of guanidine groups is 1. The van der Waals surface area contributed by atoms with Crippen LogP contribution < -0.4 is 5.32 Å². The zero-order valence-corrected chi connectivity index (χ0v) is 17.3. The highest BCUT2D eigenvalue weighted by Crippen LogP contribution is 2.23. The van der Waals surface area contributed by atoms with E-state index in [1.54, 1.807) is 24.3 Å². The van der Waals surface area contributed by atoms with Gasteiger partial charge in [0, 0.05) is 32.7 Å². The van der Waals surface area contributed by atoms with Crippen molar-refractivity contribution >= 4 is 17.8 Å². The second-order valence-corrected chi connectivity index (χ2v) is 8.10. The van der Waals surface area contributed by atoms with E-state index in [0.29, 0.717) is 36.1 Å². The Morgan fingerprint density at radius 2 is 1.68 bits per heavy atom. The number of likely N-dealkylation sites (tertiary alicyclic amines) is 1. The number of unbranched alkanes of at least 4 members (excludes halogenated alkanes) is 1. The number of benzene rings is 1. The number of imide groups is 1. The van der Waals surface area contributed by atoms with Gasteiger partial charge in [-0.1, -0.05) is 26.0 Å². The minimum absolute atomic E-state index is 0.172. The standard InChI is InChI=1S/C22H32N4O2/c1-4-23-22(25-14-16(2)13-17(3)15-25)24-11-7-8-12-26-20(27)18-9-5-6-10-19(18)21(26)28/h5-6,9-10,16-17H,4,7-8,11-15H2,1-3H3,(H,23,24). The fourth-order valence-electron chi connectivity index (χ4n) is 4.27. The summed E-state index contributed by atoms with van der Waals surface area (Å²) in [5, 5.41) is 3.41. The molecule has 1 fully saturated rings. The van der Waals surface area contributed by atoms with Gasteiger partial charge in [-0.05, 0) is 50.2 Å². The summed E-state index contributed by atoms with van der Waals surface area (Å²) >= 11 is 0. The van der Waals surface area contributed by atoms with Gasteiger partial charge in [0.15, 0.2) is 5.96 Å². The zero-order chi connectivity index (χ0) is 20.1. The molecule has 0 bridgehead atoms. The van der Waals surface area contributed by atoms with E-state index >= 15 is 0 Å². The van der Waals surface area contributed by atoms with Gasteiger partial charge in [0.1, 0.15) is 0 Å². The third-order valence-electron chi connectivity index (χ3n) is 5.43. The molecule has 2 atom stereocenters. The highest BCUT2D eigenvalue weighted by Gasteiger charge is 2.34. The molecule has 152 valence electrons. The first kappa shape index (κ1) is 20.4. The Hall–Kier alpha value is -2.37. The summed E-state index contributed by atoms with van der Waals surface area (Å²) in [6.07, 6.45) is 2.89. The molecule has 0 saturated carbocycles. The first-order valence-corrected chi connectivity index (χ1v) is 10.5. The Morgan fingerprint density at radius 1 is 1.07 bits per heavy atom. The summed E-state index contributed by atoms with van der Waals surface area (Å²) in [4.78, 5) is 33.3. The second-order valence-electron chi connectivity index (χ2n) is 8.10. The number of carbonyl (C=O) groups excluding carboxylic acids is 2. The van der Waals surface area contributed by atoms with Crippen LogP contribution in [0.15, 0.2) is 29.3 Å². The molecule has 0 aromatic heterocycles. The molecule has 1 N–H and O–H groups in total.